The fraction of sp³-hybridized carbons (Fsp3) is 0.727. The lowest BCUT2D eigenvalue weighted by atomic mass is 9.93. The summed E-state index contributed by atoms with van der Waals surface area (Å²) in [4.78, 5) is 53.5. The van der Waals surface area contributed by atoms with E-state index in [0.717, 1.165) is 25.0 Å². The van der Waals surface area contributed by atoms with E-state index in [9.17, 15) is 19.2 Å². The molecular weight excluding hydrogens is 450 g/mol. The summed E-state index contributed by atoms with van der Waals surface area (Å²) < 4.78 is 5.65. The van der Waals surface area contributed by atoms with E-state index < -0.39 is 18.2 Å². The second-order valence-corrected chi connectivity index (χ2v) is 11.5. The monoisotopic (exact) mass is 483 g/mol. The quantitative estimate of drug-likeness (QED) is 0.333. The lowest BCUT2D eigenvalue weighted by Crippen LogP contribution is -2.57. The molecule has 0 spiro atoms. The summed E-state index contributed by atoms with van der Waals surface area (Å²) in [5.41, 5.74) is 0. The molecule has 0 radical (unpaired) electrons. The van der Waals surface area contributed by atoms with Gasteiger partial charge in [-0.3, -0.25) is 19.2 Å². The van der Waals surface area contributed by atoms with Gasteiger partial charge in [-0.15, -0.1) is 0 Å². The zero-order valence-corrected chi connectivity index (χ0v) is 20.3. The summed E-state index contributed by atoms with van der Waals surface area (Å²) >= 11 is 0. The van der Waals surface area contributed by atoms with Crippen LogP contribution < -0.4 is 10.6 Å². The van der Waals surface area contributed by atoms with Crippen LogP contribution in [0.1, 0.15) is 46.0 Å². The predicted octanol–water partition coefficient (Wildman–Crippen LogP) is 1.90. The molecule has 4 rings (SSSR count). The Morgan fingerprint density at radius 2 is 1.81 bits per heavy atom. The number of hydrogen-bond acceptors (Lipinski definition) is 7. The molecule has 0 aromatic rings. The van der Waals surface area contributed by atoms with Crippen molar-refractivity contribution in [2.45, 2.75) is 64.1 Å². The Hall–Kier alpha value is -1.68. The summed E-state index contributed by atoms with van der Waals surface area (Å²) in [6.07, 6.45) is 5.48. The largest absolute Gasteiger partial charge is 0.458 e. The minimum absolute atomic E-state index is 0.0402. The van der Waals surface area contributed by atoms with Crippen molar-refractivity contribution in [1.82, 2.24) is 15.5 Å². The molecule has 0 unspecified atom stereocenters. The van der Waals surface area contributed by atoms with Gasteiger partial charge in [0, 0.05) is 31.0 Å². The molecule has 4 aliphatic rings. The van der Waals surface area contributed by atoms with Gasteiger partial charge in [-0.05, 0) is 37.2 Å². The van der Waals surface area contributed by atoms with Crippen molar-refractivity contribution in [2.75, 3.05) is 24.6 Å². The van der Waals surface area contributed by atoms with Crippen molar-refractivity contribution in [1.29, 1.82) is 0 Å². The van der Waals surface area contributed by atoms with E-state index >= 15 is 0 Å². The Labute approximate surface area is 197 Å². The summed E-state index contributed by atoms with van der Waals surface area (Å²) in [5, 5.41) is 5.70. The molecule has 10 heteroatoms. The van der Waals surface area contributed by atoms with Gasteiger partial charge in [0.1, 0.15) is 18.2 Å². The minimum Gasteiger partial charge on any atom is -0.458 e. The van der Waals surface area contributed by atoms with Crippen LogP contribution in [0.3, 0.4) is 0 Å². The molecule has 4 aliphatic heterocycles. The highest BCUT2D eigenvalue weighted by molar-refractivity contribution is 8.76. The molecule has 178 valence electrons. The van der Waals surface area contributed by atoms with Crippen LogP contribution in [0.5, 0.6) is 0 Å². The van der Waals surface area contributed by atoms with Gasteiger partial charge in [0.15, 0.2) is 0 Å². The van der Waals surface area contributed by atoms with Gasteiger partial charge in [0.25, 0.3) is 0 Å². The average molecular weight is 484 g/mol. The third-order valence-corrected chi connectivity index (χ3v) is 8.41. The summed E-state index contributed by atoms with van der Waals surface area (Å²) in [6.45, 7) is 4.82. The Balaban J connectivity index is 1.93. The zero-order chi connectivity index (χ0) is 23.1. The number of esters is 1. The van der Waals surface area contributed by atoms with Crippen LogP contribution in [0.2, 0.25) is 0 Å². The second kappa shape index (κ2) is 12.0. The van der Waals surface area contributed by atoms with Crippen molar-refractivity contribution >= 4 is 45.3 Å². The van der Waals surface area contributed by atoms with Crippen molar-refractivity contribution < 1.29 is 23.9 Å². The molecule has 3 fully saturated rings. The van der Waals surface area contributed by atoms with Gasteiger partial charge in [-0.2, -0.15) is 0 Å². The van der Waals surface area contributed by atoms with Crippen LogP contribution >= 0.6 is 21.6 Å². The van der Waals surface area contributed by atoms with Crippen LogP contribution in [0.25, 0.3) is 0 Å². The number of nitrogens with one attached hydrogen (secondary N) is 2. The topological polar surface area (TPSA) is 105 Å². The molecule has 8 nitrogen and oxygen atoms in total. The third-order valence-electron chi connectivity index (χ3n) is 5.97. The third kappa shape index (κ3) is 7.16. The maximum absolute atomic E-state index is 13.3. The SMILES string of the molecule is CC(C)[C@H]1NC(=O)C[C@H]2C=CCCSSC[C@@H](NC1=O)C(=O)N1CCC(CC1)CC(=O)O2. The Morgan fingerprint density at radius 1 is 1.06 bits per heavy atom. The Morgan fingerprint density at radius 3 is 2.53 bits per heavy atom. The van der Waals surface area contributed by atoms with Gasteiger partial charge >= 0.3 is 5.97 Å². The molecule has 3 atom stereocenters. The van der Waals surface area contributed by atoms with Gasteiger partial charge in [-0.1, -0.05) is 41.5 Å². The Bertz CT molecular complexity index is 737. The molecule has 2 N–H and O–H groups in total. The number of amides is 3. The lowest BCUT2D eigenvalue weighted by molar-refractivity contribution is -0.150. The number of ether oxygens (including phenoxy) is 1. The molecule has 4 bridgehead atoms. The summed E-state index contributed by atoms with van der Waals surface area (Å²) in [7, 11) is 3.20. The lowest BCUT2D eigenvalue weighted by Gasteiger charge is -2.35. The number of carbonyl (C=O) groups is 4. The molecule has 0 saturated carbocycles. The number of hydrogen-bond donors (Lipinski definition) is 2. The first kappa shape index (κ1) is 25.0. The summed E-state index contributed by atoms with van der Waals surface area (Å²) in [6, 6.07) is -1.43. The van der Waals surface area contributed by atoms with E-state index in [1.807, 2.05) is 19.9 Å². The molecule has 3 saturated heterocycles. The van der Waals surface area contributed by atoms with Crippen LogP contribution in [0.15, 0.2) is 12.2 Å². The van der Waals surface area contributed by atoms with Crippen molar-refractivity contribution in [3.8, 4) is 0 Å². The van der Waals surface area contributed by atoms with E-state index in [1.165, 1.54) is 0 Å². The minimum atomic E-state index is -0.778. The standard InChI is InChI=1S/C22H33N3O5S2/c1-14(2)20-21(28)23-17-13-32-31-10-4-3-5-16(12-18(26)24-20)30-19(27)11-15-6-8-25(9-7-15)22(17)29/h3,5,14-17,20H,4,6-13H2,1-2H3,(H,23,28)(H,24,26)/t16-,17-,20-/m1/s1. The normalized spacial score (nSPS) is 31.2. The maximum atomic E-state index is 13.3. The number of piperidine rings is 1. The summed E-state index contributed by atoms with van der Waals surface area (Å²) in [5.74, 6) is 0.103. The number of allylic oxidation sites excluding steroid dienone is 1. The number of nitrogens with zero attached hydrogens (tertiary/aromatic N) is 1. The highest BCUT2D eigenvalue weighted by atomic mass is 33.1. The molecule has 0 aliphatic carbocycles. The van der Waals surface area contributed by atoms with Crippen LogP contribution in [-0.2, 0) is 23.9 Å². The smallest absolute Gasteiger partial charge is 0.306 e. The van der Waals surface area contributed by atoms with Gasteiger partial charge < -0.3 is 20.3 Å². The van der Waals surface area contributed by atoms with Crippen molar-refractivity contribution in [3.05, 3.63) is 12.2 Å². The van der Waals surface area contributed by atoms with E-state index in [2.05, 4.69) is 10.6 Å². The molecule has 32 heavy (non-hydrogen) atoms. The molecule has 4 heterocycles. The van der Waals surface area contributed by atoms with Crippen molar-refractivity contribution in [3.63, 3.8) is 0 Å². The molecule has 0 aromatic carbocycles. The first-order chi connectivity index (χ1) is 15.3. The fourth-order valence-corrected chi connectivity index (χ4v) is 6.25. The highest BCUT2D eigenvalue weighted by Crippen LogP contribution is 2.26. The highest BCUT2D eigenvalue weighted by Gasteiger charge is 2.34. The van der Waals surface area contributed by atoms with E-state index in [1.54, 1.807) is 32.6 Å². The number of fused-ring (bicyclic) bond motifs is 4. The number of rotatable bonds is 1. The van der Waals surface area contributed by atoms with Crippen LogP contribution in [0, 0.1) is 11.8 Å². The van der Waals surface area contributed by atoms with E-state index in [-0.39, 0.29) is 48.4 Å². The van der Waals surface area contributed by atoms with Gasteiger partial charge in [-0.25, -0.2) is 0 Å². The molecule has 0 aromatic heterocycles. The second-order valence-electron chi connectivity index (χ2n) is 8.88. The van der Waals surface area contributed by atoms with E-state index in [4.69, 9.17) is 4.74 Å². The van der Waals surface area contributed by atoms with Gasteiger partial charge in [0.2, 0.25) is 17.7 Å². The maximum Gasteiger partial charge on any atom is 0.306 e. The first-order valence-corrected chi connectivity index (χ1v) is 13.8. The van der Waals surface area contributed by atoms with Crippen LogP contribution in [0.4, 0.5) is 0 Å². The molecule has 3 amide bonds. The zero-order valence-electron chi connectivity index (χ0n) is 18.7. The van der Waals surface area contributed by atoms with Crippen LogP contribution in [-0.4, -0.2) is 71.4 Å². The predicted molar refractivity (Wildman–Crippen MR) is 126 cm³/mol. The molecular formula is C22H33N3O5S2. The van der Waals surface area contributed by atoms with E-state index in [0.29, 0.717) is 18.8 Å². The Kier molecular flexibility index (Phi) is 9.34. The number of carbonyl (C=O) groups excluding carboxylic acids is 4. The fourth-order valence-electron chi connectivity index (χ4n) is 4.10. The van der Waals surface area contributed by atoms with Crippen molar-refractivity contribution in [2.24, 2.45) is 11.8 Å². The first-order valence-electron chi connectivity index (χ1n) is 11.3. The average Bonchev–Trinajstić information content (AvgIpc) is 2.74. The van der Waals surface area contributed by atoms with Gasteiger partial charge in [0.05, 0.1) is 6.42 Å².